The summed E-state index contributed by atoms with van der Waals surface area (Å²) in [6, 6.07) is 8.60. The second-order valence-electron chi connectivity index (χ2n) is 6.21. The molecule has 0 unspecified atom stereocenters. The van der Waals surface area contributed by atoms with Gasteiger partial charge < -0.3 is 19.7 Å². The quantitative estimate of drug-likeness (QED) is 0.781. The fourth-order valence-corrected chi connectivity index (χ4v) is 2.97. The molecule has 1 heterocycles. The smallest absolute Gasteiger partial charge is 0.219 e. The first kappa shape index (κ1) is 17.8. The van der Waals surface area contributed by atoms with Crippen LogP contribution in [0.4, 0.5) is 0 Å². The highest BCUT2D eigenvalue weighted by molar-refractivity contribution is 5.73. The average Bonchev–Trinajstić information content (AvgIpc) is 2.54. The largest absolute Gasteiger partial charge is 0.491 e. The van der Waals surface area contributed by atoms with Crippen molar-refractivity contribution < 1.29 is 14.3 Å². The van der Waals surface area contributed by atoms with Gasteiger partial charge in [-0.3, -0.25) is 4.79 Å². The van der Waals surface area contributed by atoms with Gasteiger partial charge in [-0.25, -0.2) is 0 Å². The van der Waals surface area contributed by atoms with Gasteiger partial charge in [-0.2, -0.15) is 0 Å². The second-order valence-corrected chi connectivity index (χ2v) is 6.21. The van der Waals surface area contributed by atoms with Gasteiger partial charge in [-0.1, -0.05) is 19.1 Å². The van der Waals surface area contributed by atoms with Crippen LogP contribution in [0.2, 0.25) is 0 Å². The first-order chi connectivity index (χ1) is 11.1. The van der Waals surface area contributed by atoms with Gasteiger partial charge in [0.1, 0.15) is 12.4 Å². The Hall–Kier alpha value is -1.59. The number of benzene rings is 1. The number of nitrogens with one attached hydrogen (secondary N) is 1. The average molecular weight is 320 g/mol. The number of methoxy groups -OCH3 is 1. The van der Waals surface area contributed by atoms with Gasteiger partial charge in [0.25, 0.3) is 0 Å². The van der Waals surface area contributed by atoms with Crippen LogP contribution >= 0.6 is 0 Å². The molecule has 128 valence electrons. The van der Waals surface area contributed by atoms with Crippen molar-refractivity contribution in [3.05, 3.63) is 29.8 Å². The Morgan fingerprint density at radius 1 is 1.39 bits per heavy atom. The molecule has 0 aromatic heterocycles. The van der Waals surface area contributed by atoms with E-state index < -0.39 is 0 Å². The normalized spacial score (nSPS) is 21.3. The Kier molecular flexibility index (Phi) is 6.86. The van der Waals surface area contributed by atoms with E-state index in [0.29, 0.717) is 25.2 Å². The summed E-state index contributed by atoms with van der Waals surface area (Å²) in [7, 11) is 1.67. The van der Waals surface area contributed by atoms with Gasteiger partial charge in [-0.15, -0.1) is 0 Å². The van der Waals surface area contributed by atoms with Crippen molar-refractivity contribution >= 4 is 5.91 Å². The summed E-state index contributed by atoms with van der Waals surface area (Å²) < 4.78 is 10.6. The van der Waals surface area contributed by atoms with E-state index in [1.807, 2.05) is 17.0 Å². The van der Waals surface area contributed by atoms with Crippen LogP contribution in [-0.4, -0.2) is 50.3 Å². The highest BCUT2D eigenvalue weighted by Crippen LogP contribution is 2.18. The molecule has 2 atom stereocenters. The summed E-state index contributed by atoms with van der Waals surface area (Å²) in [6.45, 7) is 7.51. The van der Waals surface area contributed by atoms with Crippen molar-refractivity contribution in [3.63, 3.8) is 0 Å². The van der Waals surface area contributed by atoms with E-state index in [-0.39, 0.29) is 5.91 Å². The Balaban J connectivity index is 1.81. The predicted octanol–water partition coefficient (Wildman–Crippen LogP) is 2.06. The topological polar surface area (TPSA) is 50.8 Å². The Labute approximate surface area is 139 Å². The first-order valence-electron chi connectivity index (χ1n) is 8.29. The molecule has 23 heavy (non-hydrogen) atoms. The first-order valence-corrected chi connectivity index (χ1v) is 8.29. The monoisotopic (exact) mass is 320 g/mol. The predicted molar refractivity (Wildman–Crippen MR) is 90.5 cm³/mol. The molecular weight excluding hydrogens is 292 g/mol. The van der Waals surface area contributed by atoms with Crippen LogP contribution in [0, 0.1) is 5.92 Å². The molecule has 0 saturated carbocycles. The molecule has 1 aliphatic heterocycles. The zero-order valence-corrected chi connectivity index (χ0v) is 14.4. The van der Waals surface area contributed by atoms with Crippen molar-refractivity contribution in [2.75, 3.05) is 33.4 Å². The lowest BCUT2D eigenvalue weighted by atomic mass is 9.93. The van der Waals surface area contributed by atoms with Crippen molar-refractivity contribution in [3.8, 4) is 5.75 Å². The molecule has 1 aromatic rings. The van der Waals surface area contributed by atoms with E-state index in [0.717, 1.165) is 31.8 Å². The lowest BCUT2D eigenvalue weighted by Crippen LogP contribution is -2.49. The maximum absolute atomic E-state index is 11.5. The molecule has 5 heteroatoms. The minimum absolute atomic E-state index is 0.177. The number of ether oxygens (including phenoxy) is 2. The molecule has 1 fully saturated rings. The third kappa shape index (κ3) is 5.52. The molecule has 0 aliphatic carbocycles. The number of hydrogen-bond donors (Lipinski definition) is 1. The van der Waals surface area contributed by atoms with Crippen LogP contribution in [0.3, 0.4) is 0 Å². The third-order valence-corrected chi connectivity index (χ3v) is 4.37. The molecule has 1 aliphatic rings. The number of likely N-dealkylation sites (tertiary alicyclic amines) is 1. The fourth-order valence-electron chi connectivity index (χ4n) is 2.97. The van der Waals surface area contributed by atoms with E-state index in [9.17, 15) is 4.79 Å². The molecular formula is C18H28N2O3. The van der Waals surface area contributed by atoms with Gasteiger partial charge in [0, 0.05) is 39.7 Å². The highest BCUT2D eigenvalue weighted by Gasteiger charge is 2.26. The van der Waals surface area contributed by atoms with Crippen LogP contribution in [0.5, 0.6) is 5.75 Å². The summed E-state index contributed by atoms with van der Waals surface area (Å²) in [5, 5.41) is 3.62. The van der Waals surface area contributed by atoms with E-state index in [2.05, 4.69) is 24.4 Å². The summed E-state index contributed by atoms with van der Waals surface area (Å²) in [6.07, 6.45) is 1.00. The SMILES string of the molecule is COCCOc1cccc(CN[C@H]2CCN(C(C)=O)C[C@H]2C)c1. The summed E-state index contributed by atoms with van der Waals surface area (Å²) in [5.41, 5.74) is 1.21. The molecule has 1 aromatic carbocycles. The van der Waals surface area contributed by atoms with Gasteiger partial charge >= 0.3 is 0 Å². The van der Waals surface area contributed by atoms with Crippen LogP contribution in [0.15, 0.2) is 24.3 Å². The molecule has 1 amide bonds. The summed E-state index contributed by atoms with van der Waals surface area (Å²) >= 11 is 0. The second kappa shape index (κ2) is 8.89. The lowest BCUT2D eigenvalue weighted by molar-refractivity contribution is -0.130. The standard InChI is InChI=1S/C18H28N2O3/c1-14-13-20(15(2)21)8-7-18(14)19-12-16-5-4-6-17(11-16)23-10-9-22-3/h4-6,11,14,18-19H,7-10,12-13H2,1-3H3/t14-,18+/m1/s1. The maximum atomic E-state index is 11.5. The van der Waals surface area contributed by atoms with Gasteiger partial charge in [0.15, 0.2) is 0 Å². The van der Waals surface area contributed by atoms with Crippen LogP contribution < -0.4 is 10.1 Å². The van der Waals surface area contributed by atoms with Crippen molar-refractivity contribution in [2.45, 2.75) is 32.9 Å². The highest BCUT2D eigenvalue weighted by atomic mass is 16.5. The Morgan fingerprint density at radius 3 is 2.91 bits per heavy atom. The van der Waals surface area contributed by atoms with Gasteiger partial charge in [0.2, 0.25) is 5.91 Å². The van der Waals surface area contributed by atoms with Crippen LogP contribution in [0.25, 0.3) is 0 Å². The zero-order valence-electron chi connectivity index (χ0n) is 14.4. The number of hydrogen-bond acceptors (Lipinski definition) is 4. The van der Waals surface area contributed by atoms with E-state index >= 15 is 0 Å². The molecule has 0 radical (unpaired) electrons. The summed E-state index contributed by atoms with van der Waals surface area (Å²) in [5.74, 6) is 1.52. The van der Waals surface area contributed by atoms with Crippen molar-refractivity contribution in [1.29, 1.82) is 0 Å². The number of amides is 1. The molecule has 0 spiro atoms. The van der Waals surface area contributed by atoms with E-state index in [1.165, 1.54) is 5.56 Å². The van der Waals surface area contributed by atoms with Crippen molar-refractivity contribution in [1.82, 2.24) is 10.2 Å². The van der Waals surface area contributed by atoms with Crippen molar-refractivity contribution in [2.24, 2.45) is 5.92 Å². The zero-order chi connectivity index (χ0) is 16.7. The lowest BCUT2D eigenvalue weighted by Gasteiger charge is -2.37. The molecule has 5 nitrogen and oxygen atoms in total. The number of rotatable bonds is 7. The number of piperidine rings is 1. The number of carbonyl (C=O) groups excluding carboxylic acids is 1. The number of nitrogens with zero attached hydrogens (tertiary/aromatic N) is 1. The van der Waals surface area contributed by atoms with E-state index in [4.69, 9.17) is 9.47 Å². The number of carbonyl (C=O) groups is 1. The van der Waals surface area contributed by atoms with Gasteiger partial charge in [0.05, 0.1) is 6.61 Å². The van der Waals surface area contributed by atoms with Gasteiger partial charge in [-0.05, 0) is 30.0 Å². The summed E-state index contributed by atoms with van der Waals surface area (Å²) in [4.78, 5) is 13.4. The third-order valence-electron chi connectivity index (χ3n) is 4.37. The van der Waals surface area contributed by atoms with E-state index in [1.54, 1.807) is 14.0 Å². The van der Waals surface area contributed by atoms with Crippen LogP contribution in [-0.2, 0) is 16.1 Å². The Bertz CT molecular complexity index is 507. The maximum Gasteiger partial charge on any atom is 0.219 e. The minimum atomic E-state index is 0.177. The molecule has 1 N–H and O–H groups in total. The fraction of sp³-hybridized carbons (Fsp3) is 0.611. The minimum Gasteiger partial charge on any atom is -0.491 e. The Morgan fingerprint density at radius 2 is 2.22 bits per heavy atom. The van der Waals surface area contributed by atoms with Crippen LogP contribution in [0.1, 0.15) is 25.8 Å². The molecule has 2 rings (SSSR count). The molecule has 1 saturated heterocycles. The molecule has 0 bridgehead atoms.